The van der Waals surface area contributed by atoms with Gasteiger partial charge >= 0.3 is 5.97 Å². The lowest BCUT2D eigenvalue weighted by Crippen LogP contribution is -2.50. The van der Waals surface area contributed by atoms with Gasteiger partial charge in [0.05, 0.1) is 20.3 Å². The first-order valence-corrected chi connectivity index (χ1v) is 8.42. The molecule has 4 nitrogen and oxygen atoms in total. The Balaban J connectivity index is 2.11. The van der Waals surface area contributed by atoms with Crippen molar-refractivity contribution in [2.45, 2.75) is 58.7 Å². The molecule has 0 aromatic heterocycles. The van der Waals surface area contributed by atoms with Crippen molar-refractivity contribution < 1.29 is 19.0 Å². The van der Waals surface area contributed by atoms with Gasteiger partial charge in [-0.05, 0) is 25.2 Å². The Kier molecular flexibility index (Phi) is 5.67. The summed E-state index contributed by atoms with van der Waals surface area (Å²) in [5.41, 5.74) is 0.0650. The molecule has 0 aromatic carbocycles. The second kappa shape index (κ2) is 7.14. The number of ether oxygens (including phenoxy) is 3. The molecule has 0 amide bonds. The Bertz CT molecular complexity index is 403. The van der Waals surface area contributed by atoms with Crippen LogP contribution >= 0.6 is 0 Å². The maximum absolute atomic E-state index is 11.7. The van der Waals surface area contributed by atoms with E-state index in [0.717, 1.165) is 25.7 Å². The molecule has 0 radical (unpaired) electrons. The molecule has 1 spiro atoms. The van der Waals surface area contributed by atoms with Crippen molar-refractivity contribution >= 4 is 5.97 Å². The van der Waals surface area contributed by atoms with E-state index in [2.05, 4.69) is 32.9 Å². The van der Waals surface area contributed by atoms with Gasteiger partial charge in [-0.15, -0.1) is 0 Å². The first-order chi connectivity index (χ1) is 10.4. The number of hydrogen-bond acceptors (Lipinski definition) is 4. The van der Waals surface area contributed by atoms with Crippen LogP contribution < -0.4 is 0 Å². The Hall–Kier alpha value is -0.870. The summed E-state index contributed by atoms with van der Waals surface area (Å²) in [6.07, 6.45) is 8.59. The Morgan fingerprint density at radius 1 is 1.27 bits per heavy atom. The summed E-state index contributed by atoms with van der Waals surface area (Å²) in [5, 5.41) is 0. The van der Waals surface area contributed by atoms with Gasteiger partial charge in [0.15, 0.2) is 5.79 Å². The van der Waals surface area contributed by atoms with E-state index in [-0.39, 0.29) is 23.2 Å². The van der Waals surface area contributed by atoms with Crippen LogP contribution in [-0.4, -0.2) is 32.1 Å². The first-order valence-electron chi connectivity index (χ1n) is 8.42. The number of rotatable bonds is 5. The van der Waals surface area contributed by atoms with Crippen molar-refractivity contribution in [3.8, 4) is 0 Å². The van der Waals surface area contributed by atoms with Gasteiger partial charge in [-0.25, -0.2) is 0 Å². The van der Waals surface area contributed by atoms with E-state index in [1.54, 1.807) is 0 Å². The minimum absolute atomic E-state index is 0.0650. The molecule has 0 aromatic rings. The van der Waals surface area contributed by atoms with Gasteiger partial charge in [-0.3, -0.25) is 4.79 Å². The molecule has 1 heterocycles. The monoisotopic (exact) mass is 310 g/mol. The summed E-state index contributed by atoms with van der Waals surface area (Å²) in [4.78, 5) is 11.7. The lowest BCUT2D eigenvalue weighted by molar-refractivity contribution is -0.316. The molecule has 1 saturated heterocycles. The van der Waals surface area contributed by atoms with Crippen molar-refractivity contribution in [2.75, 3.05) is 20.3 Å². The van der Waals surface area contributed by atoms with E-state index in [1.165, 1.54) is 7.11 Å². The number of carbonyl (C=O) groups is 1. The highest BCUT2D eigenvalue weighted by Gasteiger charge is 2.53. The van der Waals surface area contributed by atoms with Crippen molar-refractivity contribution in [3.63, 3.8) is 0 Å². The highest BCUT2D eigenvalue weighted by molar-refractivity contribution is 5.69. The Morgan fingerprint density at radius 2 is 1.95 bits per heavy atom. The topological polar surface area (TPSA) is 44.8 Å². The van der Waals surface area contributed by atoms with E-state index in [0.29, 0.717) is 19.6 Å². The molecule has 4 heteroatoms. The van der Waals surface area contributed by atoms with E-state index in [1.807, 2.05) is 0 Å². The van der Waals surface area contributed by atoms with Gasteiger partial charge in [-0.1, -0.05) is 32.9 Å². The Morgan fingerprint density at radius 3 is 2.55 bits per heavy atom. The zero-order valence-corrected chi connectivity index (χ0v) is 14.4. The maximum Gasteiger partial charge on any atom is 0.305 e. The third-order valence-electron chi connectivity index (χ3n) is 4.86. The van der Waals surface area contributed by atoms with Gasteiger partial charge in [0.1, 0.15) is 0 Å². The van der Waals surface area contributed by atoms with Gasteiger partial charge in [0.25, 0.3) is 0 Å². The number of esters is 1. The zero-order chi connectivity index (χ0) is 16.2. The highest BCUT2D eigenvalue weighted by atomic mass is 16.7. The minimum Gasteiger partial charge on any atom is -0.469 e. The van der Waals surface area contributed by atoms with Crippen LogP contribution in [0.5, 0.6) is 0 Å². The quantitative estimate of drug-likeness (QED) is 0.574. The fourth-order valence-corrected chi connectivity index (χ4v) is 3.53. The first kappa shape index (κ1) is 17.5. The van der Waals surface area contributed by atoms with E-state index < -0.39 is 5.79 Å². The minimum atomic E-state index is -0.508. The number of carbonyl (C=O) groups excluding carboxylic acids is 1. The van der Waals surface area contributed by atoms with E-state index >= 15 is 0 Å². The molecular weight excluding hydrogens is 280 g/mol. The molecule has 0 unspecified atom stereocenters. The summed E-state index contributed by atoms with van der Waals surface area (Å²) in [6.45, 7) is 7.88. The second-order valence-electron chi connectivity index (χ2n) is 7.35. The van der Waals surface area contributed by atoms with Crippen LogP contribution in [0.1, 0.15) is 52.9 Å². The summed E-state index contributed by atoms with van der Waals surface area (Å²) >= 11 is 0. The standard InChI is InChI=1S/C18H30O4/c1-5-6-7-8-15-14(11-16(19)20-4)9-10-18(15)21-12-17(2,3)13-22-18/h6-7,14-15H,5,8-13H2,1-4H3/b7-6-/t14-,15-/m1/s1. The molecule has 2 aliphatic rings. The fraction of sp³-hybridized carbons (Fsp3) is 0.833. The van der Waals surface area contributed by atoms with Crippen LogP contribution in [0.4, 0.5) is 0 Å². The Labute approximate surface area is 134 Å². The fourth-order valence-electron chi connectivity index (χ4n) is 3.53. The molecule has 22 heavy (non-hydrogen) atoms. The molecule has 1 aliphatic carbocycles. The predicted molar refractivity (Wildman–Crippen MR) is 85.3 cm³/mol. The third-order valence-corrected chi connectivity index (χ3v) is 4.86. The lowest BCUT2D eigenvalue weighted by Gasteiger charge is -2.45. The predicted octanol–water partition coefficient (Wildman–Crippen LogP) is 3.70. The number of hydrogen-bond donors (Lipinski definition) is 0. The summed E-state index contributed by atoms with van der Waals surface area (Å²) in [6, 6.07) is 0. The van der Waals surface area contributed by atoms with Crippen LogP contribution in [-0.2, 0) is 19.0 Å². The van der Waals surface area contributed by atoms with Crippen molar-refractivity contribution in [1.29, 1.82) is 0 Å². The molecule has 1 saturated carbocycles. The highest BCUT2D eigenvalue weighted by Crippen LogP contribution is 2.50. The van der Waals surface area contributed by atoms with Crippen LogP contribution in [0.15, 0.2) is 12.2 Å². The van der Waals surface area contributed by atoms with Crippen LogP contribution in [0, 0.1) is 17.3 Å². The average Bonchev–Trinajstić information content (AvgIpc) is 2.81. The van der Waals surface area contributed by atoms with E-state index in [4.69, 9.17) is 14.2 Å². The third kappa shape index (κ3) is 3.90. The van der Waals surface area contributed by atoms with E-state index in [9.17, 15) is 4.79 Å². The smallest absolute Gasteiger partial charge is 0.305 e. The number of methoxy groups -OCH3 is 1. The average molecular weight is 310 g/mol. The lowest BCUT2D eigenvalue weighted by atomic mass is 9.85. The molecule has 0 bridgehead atoms. The van der Waals surface area contributed by atoms with Crippen molar-refractivity contribution in [1.82, 2.24) is 0 Å². The molecule has 0 N–H and O–H groups in total. The molecule has 2 atom stereocenters. The SMILES string of the molecule is CC/C=C\C[C@@H]1[C@@H](CC(=O)OC)CCC12OCC(C)(C)CO2. The molecule has 2 fully saturated rings. The van der Waals surface area contributed by atoms with Crippen molar-refractivity contribution in [2.24, 2.45) is 17.3 Å². The largest absolute Gasteiger partial charge is 0.469 e. The van der Waals surface area contributed by atoms with Crippen LogP contribution in [0.3, 0.4) is 0 Å². The van der Waals surface area contributed by atoms with Gasteiger partial charge in [-0.2, -0.15) is 0 Å². The summed E-state index contributed by atoms with van der Waals surface area (Å²) in [5.74, 6) is -0.143. The normalized spacial score (nSPS) is 30.0. The molecule has 1 aliphatic heterocycles. The summed E-state index contributed by atoms with van der Waals surface area (Å²) < 4.78 is 17.3. The van der Waals surface area contributed by atoms with Gasteiger partial charge in [0, 0.05) is 24.2 Å². The zero-order valence-electron chi connectivity index (χ0n) is 14.4. The summed E-state index contributed by atoms with van der Waals surface area (Å²) in [7, 11) is 1.45. The number of allylic oxidation sites excluding steroid dienone is 2. The second-order valence-corrected chi connectivity index (χ2v) is 7.35. The van der Waals surface area contributed by atoms with Crippen LogP contribution in [0.2, 0.25) is 0 Å². The van der Waals surface area contributed by atoms with Crippen molar-refractivity contribution in [3.05, 3.63) is 12.2 Å². The molecule has 126 valence electrons. The van der Waals surface area contributed by atoms with Gasteiger partial charge in [0.2, 0.25) is 0 Å². The van der Waals surface area contributed by atoms with Crippen LogP contribution in [0.25, 0.3) is 0 Å². The molecular formula is C18H30O4. The molecule has 2 rings (SSSR count). The maximum atomic E-state index is 11.7. The van der Waals surface area contributed by atoms with Gasteiger partial charge < -0.3 is 14.2 Å².